The fourth-order valence-electron chi connectivity index (χ4n) is 2.40. The number of amides is 2. The van der Waals surface area contributed by atoms with Crippen molar-refractivity contribution in [2.45, 2.75) is 13.5 Å². The second kappa shape index (κ2) is 7.09. The fourth-order valence-corrected chi connectivity index (χ4v) is 2.86. The van der Waals surface area contributed by atoms with Crippen LogP contribution < -0.4 is 5.32 Å². The van der Waals surface area contributed by atoms with Crippen LogP contribution in [0.25, 0.3) is 0 Å². The second-order valence-corrected chi connectivity index (χ2v) is 6.04. The van der Waals surface area contributed by atoms with Crippen molar-refractivity contribution in [2.24, 2.45) is 0 Å². The van der Waals surface area contributed by atoms with Gasteiger partial charge < -0.3 is 19.7 Å². The van der Waals surface area contributed by atoms with Crippen molar-refractivity contribution >= 4 is 27.7 Å². The first kappa shape index (κ1) is 16.0. The van der Waals surface area contributed by atoms with Gasteiger partial charge in [0.15, 0.2) is 0 Å². The molecular formula is C14H21BrN4O2. The Labute approximate surface area is 133 Å². The van der Waals surface area contributed by atoms with Gasteiger partial charge in [0, 0.05) is 50.4 Å². The summed E-state index contributed by atoms with van der Waals surface area (Å²) < 4.78 is 2.74. The first-order valence-corrected chi connectivity index (χ1v) is 7.92. The van der Waals surface area contributed by atoms with Gasteiger partial charge >= 0.3 is 0 Å². The summed E-state index contributed by atoms with van der Waals surface area (Å²) >= 11 is 3.38. The Morgan fingerprint density at radius 1 is 1.38 bits per heavy atom. The monoisotopic (exact) mass is 356 g/mol. The van der Waals surface area contributed by atoms with Crippen molar-refractivity contribution in [1.29, 1.82) is 0 Å². The van der Waals surface area contributed by atoms with Gasteiger partial charge in [0.05, 0.1) is 6.54 Å². The molecular weight excluding hydrogens is 336 g/mol. The van der Waals surface area contributed by atoms with E-state index in [-0.39, 0.29) is 18.4 Å². The first-order chi connectivity index (χ1) is 10.0. The number of aromatic nitrogens is 1. The van der Waals surface area contributed by atoms with Gasteiger partial charge in [-0.3, -0.25) is 9.59 Å². The van der Waals surface area contributed by atoms with Crippen LogP contribution in [0.4, 0.5) is 0 Å². The number of carbonyl (C=O) groups excluding carboxylic acids is 2. The van der Waals surface area contributed by atoms with Gasteiger partial charge in [0.1, 0.15) is 5.69 Å². The van der Waals surface area contributed by atoms with Crippen LogP contribution in [0.1, 0.15) is 17.4 Å². The van der Waals surface area contributed by atoms with E-state index in [9.17, 15) is 9.59 Å². The minimum Gasteiger partial charge on any atom is -0.343 e. The Morgan fingerprint density at radius 3 is 2.67 bits per heavy atom. The predicted molar refractivity (Wildman–Crippen MR) is 84.2 cm³/mol. The highest BCUT2D eigenvalue weighted by Crippen LogP contribution is 2.16. The highest BCUT2D eigenvalue weighted by Gasteiger charge is 2.22. The summed E-state index contributed by atoms with van der Waals surface area (Å²) in [5.74, 6) is -0.132. The Balaban J connectivity index is 2.00. The van der Waals surface area contributed by atoms with Crippen LogP contribution in [0.2, 0.25) is 0 Å². The summed E-state index contributed by atoms with van der Waals surface area (Å²) in [6.07, 6.45) is 1.87. The lowest BCUT2D eigenvalue weighted by atomic mass is 10.3. The molecule has 2 rings (SSSR count). The normalized spacial score (nSPS) is 15.1. The number of hydrogen-bond donors (Lipinski definition) is 1. The van der Waals surface area contributed by atoms with Gasteiger partial charge in [0.25, 0.3) is 5.91 Å². The molecule has 21 heavy (non-hydrogen) atoms. The largest absolute Gasteiger partial charge is 0.343 e. The molecule has 0 spiro atoms. The molecule has 6 nitrogen and oxygen atoms in total. The predicted octanol–water partition coefficient (Wildman–Crippen LogP) is 0.774. The molecule has 1 N–H and O–H groups in total. The smallest absolute Gasteiger partial charge is 0.270 e. The van der Waals surface area contributed by atoms with Crippen LogP contribution in [0, 0.1) is 0 Å². The van der Waals surface area contributed by atoms with Gasteiger partial charge in [-0.2, -0.15) is 0 Å². The van der Waals surface area contributed by atoms with Gasteiger partial charge in [-0.05, 0) is 28.9 Å². The summed E-state index contributed by atoms with van der Waals surface area (Å²) in [6, 6.07) is 1.79. The number of rotatable bonds is 4. The topological polar surface area (TPSA) is 57.6 Å². The van der Waals surface area contributed by atoms with E-state index in [1.54, 1.807) is 18.0 Å². The first-order valence-electron chi connectivity index (χ1n) is 7.12. The summed E-state index contributed by atoms with van der Waals surface area (Å²) in [4.78, 5) is 27.9. The lowest BCUT2D eigenvalue weighted by Gasteiger charge is -2.29. The third kappa shape index (κ3) is 3.85. The van der Waals surface area contributed by atoms with E-state index in [0.717, 1.165) is 17.6 Å². The van der Waals surface area contributed by atoms with E-state index in [4.69, 9.17) is 0 Å². The zero-order chi connectivity index (χ0) is 15.4. The lowest BCUT2D eigenvalue weighted by molar-refractivity contribution is -0.132. The lowest BCUT2D eigenvalue weighted by Crippen LogP contribution is -2.49. The summed E-state index contributed by atoms with van der Waals surface area (Å²) in [7, 11) is 1.67. The molecule has 0 unspecified atom stereocenters. The van der Waals surface area contributed by atoms with E-state index >= 15 is 0 Å². The number of hydrogen-bond acceptors (Lipinski definition) is 3. The van der Waals surface area contributed by atoms with Gasteiger partial charge in [-0.15, -0.1) is 0 Å². The Bertz CT molecular complexity index is 523. The summed E-state index contributed by atoms with van der Waals surface area (Å²) in [6.45, 7) is 5.85. The van der Waals surface area contributed by atoms with Crippen LogP contribution >= 0.6 is 15.9 Å². The maximum Gasteiger partial charge on any atom is 0.270 e. The minimum atomic E-state index is -0.133. The highest BCUT2D eigenvalue weighted by atomic mass is 79.9. The number of nitrogens with zero attached hydrogens (tertiary/aromatic N) is 3. The zero-order valence-electron chi connectivity index (χ0n) is 12.4. The third-order valence-corrected chi connectivity index (χ3v) is 4.05. The van der Waals surface area contributed by atoms with Gasteiger partial charge in [-0.25, -0.2) is 0 Å². The maximum absolute atomic E-state index is 12.5. The van der Waals surface area contributed by atoms with E-state index in [2.05, 4.69) is 21.2 Å². The van der Waals surface area contributed by atoms with E-state index in [1.165, 1.54) is 4.90 Å². The van der Waals surface area contributed by atoms with Crippen LogP contribution in [0.3, 0.4) is 0 Å². The molecule has 0 bridgehead atoms. The second-order valence-electron chi connectivity index (χ2n) is 5.12. The van der Waals surface area contributed by atoms with Crippen molar-refractivity contribution in [3.63, 3.8) is 0 Å². The number of likely N-dealkylation sites (N-methyl/N-ethyl adjacent to an activating group) is 1. The van der Waals surface area contributed by atoms with Crippen molar-refractivity contribution in [3.8, 4) is 0 Å². The standard InChI is InChI=1S/C14H21BrN4O2/c1-3-18-9-11(15)8-12(18)14(21)17(2)10-13(20)19-6-4-16-5-7-19/h8-9,16H,3-7,10H2,1-2H3. The summed E-state index contributed by atoms with van der Waals surface area (Å²) in [5, 5.41) is 3.21. The molecule has 2 heterocycles. The van der Waals surface area contributed by atoms with Crippen molar-refractivity contribution in [1.82, 2.24) is 19.7 Å². The van der Waals surface area contributed by atoms with E-state index in [0.29, 0.717) is 25.3 Å². The molecule has 0 aromatic carbocycles. The van der Waals surface area contributed by atoms with Crippen LogP contribution in [0.15, 0.2) is 16.7 Å². The van der Waals surface area contributed by atoms with Gasteiger partial charge in [-0.1, -0.05) is 0 Å². The molecule has 1 aromatic rings. The molecule has 0 radical (unpaired) electrons. The molecule has 0 atom stereocenters. The minimum absolute atomic E-state index is 0.000945. The highest BCUT2D eigenvalue weighted by molar-refractivity contribution is 9.10. The van der Waals surface area contributed by atoms with E-state index in [1.807, 2.05) is 17.7 Å². The molecule has 0 saturated carbocycles. The fraction of sp³-hybridized carbons (Fsp3) is 0.571. The van der Waals surface area contributed by atoms with Crippen LogP contribution in [0.5, 0.6) is 0 Å². The maximum atomic E-state index is 12.5. The van der Waals surface area contributed by atoms with Crippen molar-refractivity contribution in [3.05, 3.63) is 22.4 Å². The molecule has 7 heteroatoms. The molecule has 1 aliphatic rings. The van der Waals surface area contributed by atoms with Crippen molar-refractivity contribution < 1.29 is 9.59 Å². The molecule has 116 valence electrons. The number of aryl methyl sites for hydroxylation is 1. The Kier molecular flexibility index (Phi) is 5.41. The quantitative estimate of drug-likeness (QED) is 0.866. The SMILES string of the molecule is CCn1cc(Br)cc1C(=O)N(C)CC(=O)N1CCNCC1. The average Bonchev–Trinajstić information content (AvgIpc) is 2.88. The molecule has 1 aliphatic heterocycles. The number of piperazine rings is 1. The third-order valence-electron chi connectivity index (χ3n) is 3.61. The number of carbonyl (C=O) groups is 2. The molecule has 1 saturated heterocycles. The molecule has 1 aromatic heterocycles. The summed E-state index contributed by atoms with van der Waals surface area (Å²) in [5.41, 5.74) is 0.597. The Hall–Kier alpha value is -1.34. The number of nitrogens with one attached hydrogen (secondary N) is 1. The zero-order valence-corrected chi connectivity index (χ0v) is 14.0. The van der Waals surface area contributed by atoms with Gasteiger partial charge in [0.2, 0.25) is 5.91 Å². The average molecular weight is 357 g/mol. The Morgan fingerprint density at radius 2 is 2.05 bits per heavy atom. The van der Waals surface area contributed by atoms with Crippen LogP contribution in [-0.2, 0) is 11.3 Å². The van der Waals surface area contributed by atoms with Crippen molar-refractivity contribution in [2.75, 3.05) is 39.8 Å². The molecule has 2 amide bonds. The van der Waals surface area contributed by atoms with Crippen LogP contribution in [-0.4, -0.2) is 66.0 Å². The number of halogens is 1. The van der Waals surface area contributed by atoms with E-state index < -0.39 is 0 Å². The molecule has 1 fully saturated rings. The molecule has 0 aliphatic carbocycles.